The van der Waals surface area contributed by atoms with E-state index in [1.54, 1.807) is 0 Å². The van der Waals surface area contributed by atoms with Crippen molar-refractivity contribution in [2.45, 2.75) is 90.9 Å². The van der Waals surface area contributed by atoms with Crippen molar-refractivity contribution in [3.63, 3.8) is 0 Å². The third-order valence-corrected chi connectivity index (χ3v) is 4.80. The number of primary sulfonamides is 1. The van der Waals surface area contributed by atoms with E-state index in [2.05, 4.69) is 13.8 Å². The van der Waals surface area contributed by atoms with Crippen LogP contribution in [-0.4, -0.2) is 14.2 Å². The van der Waals surface area contributed by atoms with E-state index in [0.29, 0.717) is 5.92 Å². The van der Waals surface area contributed by atoms with E-state index >= 15 is 0 Å². The smallest absolute Gasteiger partial charge is 0.209 e. The zero-order chi connectivity index (χ0) is 15.3. The Morgan fingerprint density at radius 3 is 1.65 bits per heavy atom. The van der Waals surface area contributed by atoms with Crippen LogP contribution >= 0.6 is 0 Å². The summed E-state index contributed by atoms with van der Waals surface area (Å²) in [6.07, 6.45) is 14.6. The van der Waals surface area contributed by atoms with Gasteiger partial charge in [0.25, 0.3) is 0 Å². The number of sulfonamides is 1. The number of nitrogens with two attached hydrogens (primary N) is 1. The predicted octanol–water partition coefficient (Wildman–Crippen LogP) is 4.61. The van der Waals surface area contributed by atoms with Gasteiger partial charge in [0, 0.05) is 0 Å². The number of unbranched alkanes of at least 4 members (excludes halogenated alkanes) is 7. The maximum Gasteiger partial charge on any atom is 0.209 e. The third-order valence-electron chi connectivity index (χ3n) is 3.99. The van der Waals surface area contributed by atoms with E-state index in [-0.39, 0.29) is 5.75 Å². The molecule has 4 heteroatoms. The lowest BCUT2D eigenvalue weighted by Crippen LogP contribution is -2.19. The van der Waals surface area contributed by atoms with Crippen LogP contribution in [0.5, 0.6) is 0 Å². The molecule has 0 radical (unpaired) electrons. The zero-order valence-corrected chi connectivity index (χ0v) is 14.4. The molecule has 0 aromatic carbocycles. The Labute approximate surface area is 126 Å². The summed E-state index contributed by atoms with van der Waals surface area (Å²) >= 11 is 0. The Balaban J connectivity index is 3.91. The molecule has 0 aromatic heterocycles. The molecule has 2 N–H and O–H groups in total. The van der Waals surface area contributed by atoms with Crippen molar-refractivity contribution < 1.29 is 8.42 Å². The highest BCUT2D eigenvalue weighted by Gasteiger charge is 2.12. The fourth-order valence-corrected chi connectivity index (χ4v) is 3.32. The summed E-state index contributed by atoms with van der Waals surface area (Å²) in [7, 11) is -3.29. The monoisotopic (exact) mass is 305 g/mol. The van der Waals surface area contributed by atoms with Crippen molar-refractivity contribution in [3.8, 4) is 0 Å². The van der Waals surface area contributed by atoms with Crippen LogP contribution in [0.15, 0.2) is 0 Å². The summed E-state index contributed by atoms with van der Waals surface area (Å²) < 4.78 is 22.2. The van der Waals surface area contributed by atoms with Gasteiger partial charge >= 0.3 is 0 Å². The van der Waals surface area contributed by atoms with Gasteiger partial charge in [-0.15, -0.1) is 0 Å². The summed E-state index contributed by atoms with van der Waals surface area (Å²) in [4.78, 5) is 0. The molecule has 0 bridgehead atoms. The molecular weight excluding hydrogens is 270 g/mol. The van der Waals surface area contributed by atoms with Gasteiger partial charge < -0.3 is 0 Å². The van der Waals surface area contributed by atoms with E-state index in [1.807, 2.05) is 0 Å². The fourth-order valence-electron chi connectivity index (χ4n) is 2.66. The van der Waals surface area contributed by atoms with E-state index in [1.165, 1.54) is 70.6 Å². The van der Waals surface area contributed by atoms with Crippen LogP contribution in [0.2, 0.25) is 0 Å². The van der Waals surface area contributed by atoms with Crippen molar-refractivity contribution in [1.82, 2.24) is 0 Å². The standard InChI is InChI=1S/C16H35NO2S/c1-3-5-7-9-11-13-16(12-10-8-6-4-2)14-15-20(17,18)19/h16H,3-15H2,1-2H3,(H2,17,18,19). The highest BCUT2D eigenvalue weighted by Crippen LogP contribution is 2.22. The molecule has 0 aliphatic rings. The second-order valence-corrected chi connectivity index (χ2v) is 7.81. The van der Waals surface area contributed by atoms with Crippen LogP contribution in [0, 0.1) is 5.92 Å². The first-order chi connectivity index (χ1) is 9.49. The molecule has 0 saturated heterocycles. The van der Waals surface area contributed by atoms with Crippen LogP contribution in [0.3, 0.4) is 0 Å². The van der Waals surface area contributed by atoms with E-state index in [4.69, 9.17) is 5.14 Å². The quantitative estimate of drug-likeness (QED) is 0.476. The van der Waals surface area contributed by atoms with Crippen LogP contribution in [0.25, 0.3) is 0 Å². The lowest BCUT2D eigenvalue weighted by Gasteiger charge is -2.16. The Kier molecular flexibility index (Phi) is 12.6. The van der Waals surface area contributed by atoms with Crippen molar-refractivity contribution in [2.24, 2.45) is 11.1 Å². The molecule has 0 saturated carbocycles. The maximum atomic E-state index is 11.1. The van der Waals surface area contributed by atoms with E-state index in [0.717, 1.165) is 6.42 Å². The highest BCUT2D eigenvalue weighted by atomic mass is 32.2. The lowest BCUT2D eigenvalue weighted by molar-refractivity contribution is 0.394. The van der Waals surface area contributed by atoms with Crippen LogP contribution in [0.1, 0.15) is 90.9 Å². The minimum absolute atomic E-state index is 0.153. The molecule has 0 aromatic rings. The average Bonchev–Trinajstić information content (AvgIpc) is 2.38. The summed E-state index contributed by atoms with van der Waals surface area (Å²) in [6, 6.07) is 0. The number of hydrogen-bond donors (Lipinski definition) is 1. The molecule has 122 valence electrons. The van der Waals surface area contributed by atoms with Crippen LogP contribution in [0.4, 0.5) is 0 Å². The predicted molar refractivity (Wildman–Crippen MR) is 88.2 cm³/mol. The van der Waals surface area contributed by atoms with Gasteiger partial charge in [0.2, 0.25) is 10.0 Å². The number of hydrogen-bond acceptors (Lipinski definition) is 2. The average molecular weight is 306 g/mol. The van der Waals surface area contributed by atoms with Gasteiger partial charge in [-0.05, 0) is 12.3 Å². The molecule has 3 nitrogen and oxygen atoms in total. The first-order valence-corrected chi connectivity index (χ1v) is 10.2. The Hall–Kier alpha value is -0.0900. The molecule has 0 fully saturated rings. The Morgan fingerprint density at radius 2 is 1.20 bits per heavy atom. The number of rotatable bonds is 14. The largest absolute Gasteiger partial charge is 0.229 e. The molecule has 0 rings (SSSR count). The maximum absolute atomic E-state index is 11.1. The van der Waals surface area contributed by atoms with Gasteiger partial charge in [-0.25, -0.2) is 13.6 Å². The first-order valence-electron chi connectivity index (χ1n) is 8.50. The minimum Gasteiger partial charge on any atom is -0.229 e. The van der Waals surface area contributed by atoms with Gasteiger partial charge in [-0.1, -0.05) is 84.5 Å². The Morgan fingerprint density at radius 1 is 0.750 bits per heavy atom. The minimum atomic E-state index is -3.29. The summed E-state index contributed by atoms with van der Waals surface area (Å²) in [5.74, 6) is 0.701. The second kappa shape index (κ2) is 12.6. The zero-order valence-electron chi connectivity index (χ0n) is 13.6. The lowest BCUT2D eigenvalue weighted by atomic mass is 9.92. The van der Waals surface area contributed by atoms with Gasteiger partial charge in [0.1, 0.15) is 0 Å². The van der Waals surface area contributed by atoms with Crippen molar-refractivity contribution >= 4 is 10.0 Å². The van der Waals surface area contributed by atoms with Crippen LogP contribution in [-0.2, 0) is 10.0 Å². The topological polar surface area (TPSA) is 60.2 Å². The first kappa shape index (κ1) is 19.9. The van der Waals surface area contributed by atoms with Gasteiger partial charge in [-0.2, -0.15) is 0 Å². The molecule has 20 heavy (non-hydrogen) atoms. The summed E-state index contributed by atoms with van der Waals surface area (Å²) in [5, 5.41) is 5.13. The molecule has 1 unspecified atom stereocenters. The molecule has 0 amide bonds. The van der Waals surface area contributed by atoms with Gasteiger partial charge in [0.05, 0.1) is 5.75 Å². The Bertz CT molecular complexity index is 302. The second-order valence-electron chi connectivity index (χ2n) is 6.07. The SMILES string of the molecule is CCCCCCCC(CCCCCC)CCS(N)(=O)=O. The van der Waals surface area contributed by atoms with Crippen molar-refractivity contribution in [1.29, 1.82) is 0 Å². The molecule has 0 spiro atoms. The molecule has 0 aliphatic heterocycles. The molecular formula is C16H35NO2S. The van der Waals surface area contributed by atoms with Crippen molar-refractivity contribution in [3.05, 3.63) is 0 Å². The van der Waals surface area contributed by atoms with Crippen LogP contribution < -0.4 is 5.14 Å². The highest BCUT2D eigenvalue weighted by molar-refractivity contribution is 7.89. The van der Waals surface area contributed by atoms with Gasteiger partial charge in [0.15, 0.2) is 0 Å². The summed E-state index contributed by atoms with van der Waals surface area (Å²) in [5.41, 5.74) is 0. The molecule has 1 atom stereocenters. The fraction of sp³-hybridized carbons (Fsp3) is 1.00. The third kappa shape index (κ3) is 14.3. The summed E-state index contributed by atoms with van der Waals surface area (Å²) in [6.45, 7) is 4.44. The van der Waals surface area contributed by atoms with Gasteiger partial charge in [-0.3, -0.25) is 0 Å². The van der Waals surface area contributed by atoms with E-state index in [9.17, 15) is 8.42 Å². The normalized spacial score (nSPS) is 13.6. The molecule has 0 aliphatic carbocycles. The van der Waals surface area contributed by atoms with E-state index < -0.39 is 10.0 Å². The van der Waals surface area contributed by atoms with Crippen molar-refractivity contribution in [2.75, 3.05) is 5.75 Å². The molecule has 0 heterocycles.